The van der Waals surface area contributed by atoms with Crippen molar-refractivity contribution in [3.8, 4) is 0 Å². The van der Waals surface area contributed by atoms with E-state index in [-0.39, 0.29) is 0 Å². The highest BCUT2D eigenvalue weighted by molar-refractivity contribution is 6.53. The summed E-state index contributed by atoms with van der Waals surface area (Å²) in [5, 5.41) is 0. The van der Waals surface area contributed by atoms with Gasteiger partial charge in [0.05, 0.1) is 32.0 Å². The van der Waals surface area contributed by atoms with Crippen LogP contribution < -0.4 is 0 Å². The van der Waals surface area contributed by atoms with Gasteiger partial charge in [0.25, 0.3) is 0 Å². The smallest absolute Gasteiger partial charge is 0.180 e. The molecule has 0 radical (unpaired) electrons. The van der Waals surface area contributed by atoms with Crippen molar-refractivity contribution in [3.63, 3.8) is 0 Å². The quantitative estimate of drug-likeness (QED) is 0.237. The van der Waals surface area contributed by atoms with E-state index in [1.54, 1.807) is 0 Å². The maximum absolute atomic E-state index is 6.48. The number of ether oxygens (including phenoxy) is 3. The molecule has 160 valence electrons. The van der Waals surface area contributed by atoms with Crippen molar-refractivity contribution >= 4 is 9.04 Å². The van der Waals surface area contributed by atoms with Gasteiger partial charge in [0.2, 0.25) is 0 Å². The van der Waals surface area contributed by atoms with E-state index in [9.17, 15) is 0 Å². The summed E-state index contributed by atoms with van der Waals surface area (Å²) in [7, 11) is -1.27. The fourth-order valence-electron chi connectivity index (χ4n) is 4.28. The van der Waals surface area contributed by atoms with Crippen LogP contribution in [0.4, 0.5) is 0 Å². The van der Waals surface area contributed by atoms with E-state index in [1.807, 2.05) is 0 Å². The van der Waals surface area contributed by atoms with Crippen molar-refractivity contribution in [2.24, 2.45) is 5.92 Å². The van der Waals surface area contributed by atoms with Crippen LogP contribution in [0.1, 0.15) is 79.1 Å². The van der Waals surface area contributed by atoms with Crippen LogP contribution in [-0.4, -0.2) is 53.8 Å². The summed E-state index contributed by atoms with van der Waals surface area (Å²) in [6, 6.07) is 1.32. The summed E-state index contributed by atoms with van der Waals surface area (Å²) in [4.78, 5) is 0. The Morgan fingerprint density at radius 2 is 1.74 bits per heavy atom. The van der Waals surface area contributed by atoms with Crippen LogP contribution in [0.15, 0.2) is 0 Å². The summed E-state index contributed by atoms with van der Waals surface area (Å²) in [5.41, 5.74) is 0.731. The predicted octanol–water partition coefficient (Wildman–Crippen LogP) is 5.10. The molecule has 0 saturated carbocycles. The molecule has 2 aliphatic heterocycles. The van der Waals surface area contributed by atoms with Gasteiger partial charge in [-0.1, -0.05) is 52.9 Å². The van der Waals surface area contributed by atoms with Crippen LogP contribution in [-0.2, 0) is 18.6 Å². The van der Waals surface area contributed by atoms with E-state index in [0.29, 0.717) is 18.3 Å². The van der Waals surface area contributed by atoms with Gasteiger partial charge in [-0.3, -0.25) is 0 Å². The van der Waals surface area contributed by atoms with Gasteiger partial charge in [0.15, 0.2) is 9.04 Å². The van der Waals surface area contributed by atoms with Crippen molar-refractivity contribution in [1.82, 2.24) is 0 Å². The van der Waals surface area contributed by atoms with Gasteiger partial charge < -0.3 is 18.6 Å². The molecule has 27 heavy (non-hydrogen) atoms. The Morgan fingerprint density at radius 3 is 2.30 bits per heavy atom. The molecule has 2 saturated heterocycles. The lowest BCUT2D eigenvalue weighted by Gasteiger charge is -2.31. The second-order valence-electron chi connectivity index (χ2n) is 8.53. The molecule has 4 nitrogen and oxygen atoms in total. The number of hydrogen-bond donors (Lipinski definition) is 0. The summed E-state index contributed by atoms with van der Waals surface area (Å²) in [6.07, 6.45) is 11.3. The minimum Gasteiger partial charge on any atom is -0.420 e. The Morgan fingerprint density at radius 1 is 1.00 bits per heavy atom. The van der Waals surface area contributed by atoms with Crippen LogP contribution in [0.25, 0.3) is 0 Å². The van der Waals surface area contributed by atoms with E-state index in [2.05, 4.69) is 27.7 Å². The Bertz CT molecular complexity index is 373. The summed E-state index contributed by atoms with van der Waals surface area (Å²) in [6.45, 7) is 12.6. The van der Waals surface area contributed by atoms with E-state index < -0.39 is 9.04 Å². The van der Waals surface area contributed by atoms with E-state index in [0.717, 1.165) is 44.3 Å². The van der Waals surface area contributed by atoms with Crippen molar-refractivity contribution < 1.29 is 18.6 Å². The van der Waals surface area contributed by atoms with Crippen molar-refractivity contribution in [3.05, 3.63) is 0 Å². The second-order valence-corrected chi connectivity index (χ2v) is 11.4. The molecule has 6 unspecified atom stereocenters. The number of epoxide rings is 2. The molecule has 0 aliphatic carbocycles. The topological polar surface area (TPSA) is 43.5 Å². The number of hydrogen-bond acceptors (Lipinski definition) is 4. The maximum atomic E-state index is 6.48. The first-order chi connectivity index (χ1) is 13.2. The average molecular weight is 401 g/mol. The molecule has 2 aliphatic rings. The third kappa shape index (κ3) is 9.89. The van der Waals surface area contributed by atoms with E-state index >= 15 is 0 Å². The van der Waals surface area contributed by atoms with Crippen LogP contribution in [0.5, 0.6) is 0 Å². The molecule has 5 heteroatoms. The monoisotopic (exact) mass is 400 g/mol. The van der Waals surface area contributed by atoms with Crippen LogP contribution >= 0.6 is 0 Å². The summed E-state index contributed by atoms with van der Waals surface area (Å²) >= 11 is 0. The highest BCUT2D eigenvalue weighted by Gasteiger charge is 2.33. The fourth-order valence-corrected chi connectivity index (χ4v) is 7.80. The lowest BCUT2D eigenvalue weighted by molar-refractivity contribution is 0.0323. The highest BCUT2D eigenvalue weighted by atomic mass is 28.3. The number of unbranched alkanes of at least 4 members (excludes halogenated alkanes) is 1. The van der Waals surface area contributed by atoms with E-state index in [1.165, 1.54) is 51.0 Å². The molecule has 0 spiro atoms. The predicted molar refractivity (Wildman–Crippen MR) is 114 cm³/mol. The molecule has 0 amide bonds. The van der Waals surface area contributed by atoms with Gasteiger partial charge >= 0.3 is 0 Å². The lowest BCUT2D eigenvalue weighted by Crippen LogP contribution is -2.31. The van der Waals surface area contributed by atoms with Crippen LogP contribution in [0.2, 0.25) is 11.6 Å². The lowest BCUT2D eigenvalue weighted by atomic mass is 10.0. The van der Waals surface area contributed by atoms with E-state index in [4.69, 9.17) is 18.6 Å². The molecule has 0 aromatic rings. The second kappa shape index (κ2) is 13.3. The molecule has 2 heterocycles. The molecule has 2 rings (SSSR count). The fraction of sp³-hybridized carbons (Fsp3) is 1.00. The molecule has 0 N–H and O–H groups in total. The van der Waals surface area contributed by atoms with Gasteiger partial charge in [-0.05, 0) is 43.7 Å². The van der Waals surface area contributed by atoms with Crippen molar-refractivity contribution in [2.45, 2.75) is 109 Å². The van der Waals surface area contributed by atoms with Gasteiger partial charge in [0.1, 0.15) is 6.10 Å². The first-order valence-corrected chi connectivity index (χ1v) is 13.6. The van der Waals surface area contributed by atoms with Gasteiger partial charge in [0, 0.05) is 6.61 Å². The Balaban J connectivity index is 1.94. The molecular formula is C22H44O4Si. The van der Waals surface area contributed by atoms with Gasteiger partial charge in [-0.2, -0.15) is 0 Å². The largest absolute Gasteiger partial charge is 0.420 e. The minimum absolute atomic E-state index is 0.362. The zero-order valence-electron chi connectivity index (χ0n) is 18.3. The number of rotatable bonds is 18. The highest BCUT2D eigenvalue weighted by Crippen LogP contribution is 2.35. The van der Waals surface area contributed by atoms with Crippen LogP contribution in [0, 0.1) is 5.92 Å². The summed E-state index contributed by atoms with van der Waals surface area (Å²) < 4.78 is 23.5. The molecule has 2 fully saturated rings. The van der Waals surface area contributed by atoms with Crippen molar-refractivity contribution in [2.75, 3.05) is 26.4 Å². The zero-order valence-corrected chi connectivity index (χ0v) is 19.4. The third-order valence-electron chi connectivity index (χ3n) is 6.04. The Kier molecular flexibility index (Phi) is 11.5. The molecule has 0 aromatic carbocycles. The molecule has 0 aromatic heterocycles. The van der Waals surface area contributed by atoms with Crippen LogP contribution in [0.3, 0.4) is 0 Å². The zero-order chi connectivity index (χ0) is 19.5. The SMILES string of the molecule is CCCCC(CC(CC)OCC1CO1)[SiH](CC(CCC)CC1CO1)OCC. The first-order valence-electron chi connectivity index (χ1n) is 11.7. The Hall–Kier alpha value is 0.0569. The third-order valence-corrected chi connectivity index (χ3v) is 9.59. The standard InChI is InChI=1S/C22H44O4Si/c1-5-9-11-22(13-19(7-3)23-15-21-16-25-21)27(26-8-4)17-18(10-6-2)12-20-14-24-20/h18-22,27H,5-17H2,1-4H3. The normalized spacial score (nSPS) is 25.8. The van der Waals surface area contributed by atoms with Gasteiger partial charge in [-0.25, -0.2) is 0 Å². The Labute approximate surface area is 169 Å². The van der Waals surface area contributed by atoms with Gasteiger partial charge in [-0.15, -0.1) is 0 Å². The summed E-state index contributed by atoms with van der Waals surface area (Å²) in [5.74, 6) is 0.788. The first kappa shape index (κ1) is 23.3. The average Bonchev–Trinajstić information content (AvgIpc) is 3.56. The van der Waals surface area contributed by atoms with Crippen molar-refractivity contribution in [1.29, 1.82) is 0 Å². The maximum Gasteiger partial charge on any atom is 0.180 e. The molecular weight excluding hydrogens is 356 g/mol. The molecule has 0 bridgehead atoms. The molecule has 6 atom stereocenters. The minimum atomic E-state index is -1.27.